The van der Waals surface area contributed by atoms with Crippen molar-refractivity contribution >= 4 is 23.1 Å². The molecular weight excluding hydrogens is 274 g/mol. The first kappa shape index (κ1) is 11.4. The summed E-state index contributed by atoms with van der Waals surface area (Å²) >= 11 is 3.56. The first-order valence-electron chi connectivity index (χ1n) is 7.68. The van der Waals surface area contributed by atoms with Crippen molar-refractivity contribution in [2.75, 3.05) is 0 Å². The highest BCUT2D eigenvalue weighted by atomic mass is 32.2. The van der Waals surface area contributed by atoms with Crippen LogP contribution in [0.4, 0.5) is 0 Å². The molecule has 4 heteroatoms. The van der Waals surface area contributed by atoms with Gasteiger partial charge in [0.15, 0.2) is 0 Å². The summed E-state index contributed by atoms with van der Waals surface area (Å²) in [6, 6.07) is 0. The summed E-state index contributed by atoms with van der Waals surface area (Å²) in [5.74, 6) is 2.79. The normalized spacial score (nSPS) is 41.7. The van der Waals surface area contributed by atoms with Crippen LogP contribution in [0.25, 0.3) is 0 Å². The van der Waals surface area contributed by atoms with Gasteiger partial charge in [-0.2, -0.15) is 0 Å². The highest BCUT2D eigenvalue weighted by Crippen LogP contribution is 2.67. The van der Waals surface area contributed by atoms with Gasteiger partial charge >= 0.3 is 4.87 Å². The molecule has 1 aromatic heterocycles. The van der Waals surface area contributed by atoms with Crippen molar-refractivity contribution < 1.29 is 0 Å². The molecule has 3 aliphatic carbocycles. The minimum Gasteiger partial charge on any atom is -0.307 e. The van der Waals surface area contributed by atoms with Crippen molar-refractivity contribution in [1.82, 2.24) is 4.98 Å². The maximum absolute atomic E-state index is 11.8. The second-order valence-electron chi connectivity index (χ2n) is 6.98. The van der Waals surface area contributed by atoms with E-state index in [1.54, 1.807) is 0 Å². The predicted molar refractivity (Wildman–Crippen MR) is 79.1 cm³/mol. The summed E-state index contributed by atoms with van der Waals surface area (Å²) in [6.07, 6.45) is 9.82. The number of fused-ring (bicyclic) bond motifs is 8. The number of aromatic amines is 1. The van der Waals surface area contributed by atoms with E-state index in [1.165, 1.54) is 66.2 Å². The van der Waals surface area contributed by atoms with E-state index in [2.05, 4.69) is 4.98 Å². The number of H-pyrrole nitrogens is 1. The van der Waals surface area contributed by atoms with Crippen LogP contribution in [-0.4, -0.2) is 10.2 Å². The number of nitrogens with one attached hydrogen (secondary N) is 1. The van der Waals surface area contributed by atoms with E-state index in [0.29, 0.717) is 5.41 Å². The van der Waals surface area contributed by atoms with Gasteiger partial charge in [-0.25, -0.2) is 0 Å². The minimum absolute atomic E-state index is 0.177. The summed E-state index contributed by atoms with van der Waals surface area (Å²) in [7, 11) is 0. The average molecular weight is 293 g/mol. The van der Waals surface area contributed by atoms with Crippen molar-refractivity contribution in [3.63, 3.8) is 0 Å². The zero-order valence-corrected chi connectivity index (χ0v) is 12.6. The number of hydrogen-bond acceptors (Lipinski definition) is 3. The Labute approximate surface area is 121 Å². The third kappa shape index (κ3) is 1.33. The molecule has 3 saturated carbocycles. The number of rotatable bonds is 0. The maximum atomic E-state index is 11.8. The second kappa shape index (κ2) is 3.70. The molecule has 1 spiro atoms. The molecule has 0 saturated heterocycles. The van der Waals surface area contributed by atoms with Crippen molar-refractivity contribution in [3.8, 4) is 0 Å². The summed E-state index contributed by atoms with van der Waals surface area (Å²) in [4.78, 5) is 16.6. The lowest BCUT2D eigenvalue weighted by Gasteiger charge is -2.47. The molecular formula is C15H19NOS2. The summed E-state index contributed by atoms with van der Waals surface area (Å²) < 4.78 is 0. The third-order valence-corrected chi connectivity index (χ3v) is 9.02. The highest BCUT2D eigenvalue weighted by Gasteiger charge is 2.61. The average Bonchev–Trinajstić information content (AvgIpc) is 3.12. The first-order chi connectivity index (χ1) is 9.28. The Balaban J connectivity index is 1.73. The molecule has 0 unspecified atom stereocenters. The van der Waals surface area contributed by atoms with Gasteiger partial charge in [0, 0.05) is 15.5 Å². The fraction of sp³-hybridized carbons (Fsp3) is 0.800. The van der Waals surface area contributed by atoms with Gasteiger partial charge in [0.1, 0.15) is 0 Å². The zero-order chi connectivity index (χ0) is 12.6. The molecule has 2 nitrogen and oxygen atoms in total. The van der Waals surface area contributed by atoms with Crippen LogP contribution in [0.3, 0.4) is 0 Å². The van der Waals surface area contributed by atoms with Gasteiger partial charge in [0.05, 0.1) is 5.03 Å². The topological polar surface area (TPSA) is 32.9 Å². The largest absolute Gasteiger partial charge is 0.307 e. The van der Waals surface area contributed by atoms with E-state index in [0.717, 1.165) is 23.0 Å². The van der Waals surface area contributed by atoms with Crippen LogP contribution < -0.4 is 4.87 Å². The van der Waals surface area contributed by atoms with Crippen LogP contribution in [0.5, 0.6) is 0 Å². The molecule has 1 aromatic rings. The van der Waals surface area contributed by atoms with Crippen molar-refractivity contribution in [2.45, 2.75) is 60.6 Å². The molecule has 102 valence electrons. The fourth-order valence-electron chi connectivity index (χ4n) is 5.75. The van der Waals surface area contributed by atoms with E-state index in [-0.39, 0.29) is 4.87 Å². The molecule has 0 amide bonds. The lowest BCUT2D eigenvalue weighted by molar-refractivity contribution is 0.188. The predicted octanol–water partition coefficient (Wildman–Crippen LogP) is 3.77. The summed E-state index contributed by atoms with van der Waals surface area (Å²) in [5, 5.41) is 2.07. The van der Waals surface area contributed by atoms with Gasteiger partial charge in [-0.15, -0.1) is 11.8 Å². The van der Waals surface area contributed by atoms with Gasteiger partial charge in [-0.1, -0.05) is 24.2 Å². The Bertz CT molecular complexity index is 583. The maximum Gasteiger partial charge on any atom is 0.305 e. The Hall–Kier alpha value is -0.220. The van der Waals surface area contributed by atoms with E-state index >= 15 is 0 Å². The fourth-order valence-corrected chi connectivity index (χ4v) is 8.92. The van der Waals surface area contributed by atoms with Crippen LogP contribution in [0.1, 0.15) is 49.8 Å². The van der Waals surface area contributed by atoms with E-state index in [4.69, 9.17) is 0 Å². The number of hydrogen-bond donors (Lipinski definition) is 1. The van der Waals surface area contributed by atoms with Crippen LogP contribution in [-0.2, 0) is 5.41 Å². The SMILES string of the molecule is O=c1[nH]c2c(s1)C1(CCCC1)[C@H]1[C@H]3CC[C@@H](C3)[C@@H]1S2. The molecule has 0 aromatic carbocycles. The quantitative estimate of drug-likeness (QED) is 0.790. The first-order valence-corrected chi connectivity index (χ1v) is 9.38. The molecule has 2 heterocycles. The van der Waals surface area contributed by atoms with Crippen molar-refractivity contribution in [2.24, 2.45) is 17.8 Å². The summed E-state index contributed by atoms with van der Waals surface area (Å²) in [6.45, 7) is 0. The Kier molecular flexibility index (Phi) is 2.23. The Morgan fingerprint density at radius 2 is 1.95 bits per heavy atom. The van der Waals surface area contributed by atoms with Crippen molar-refractivity contribution in [1.29, 1.82) is 0 Å². The monoisotopic (exact) mass is 293 g/mol. The zero-order valence-electron chi connectivity index (χ0n) is 11.0. The van der Waals surface area contributed by atoms with Gasteiger partial charge in [0.25, 0.3) is 0 Å². The van der Waals surface area contributed by atoms with Gasteiger partial charge in [-0.3, -0.25) is 4.79 Å². The van der Waals surface area contributed by atoms with Gasteiger partial charge in [-0.05, 0) is 49.9 Å². The molecule has 4 atom stereocenters. The van der Waals surface area contributed by atoms with Crippen molar-refractivity contribution in [3.05, 3.63) is 14.5 Å². The van der Waals surface area contributed by atoms with Crippen LogP contribution in [0.15, 0.2) is 9.82 Å². The van der Waals surface area contributed by atoms with E-state index in [9.17, 15) is 4.79 Å². The lowest BCUT2D eigenvalue weighted by atomic mass is 9.65. The molecule has 3 fully saturated rings. The number of thioether (sulfide) groups is 1. The standard InChI is InChI=1S/C15H19NOS2/c17-14-16-13-12(19-14)15(5-1-2-6-15)10-8-3-4-9(7-8)11(10)18-13/h8-11H,1-7H2,(H,16,17)/t8-,9-,10-,11-/m0/s1. The number of aromatic nitrogens is 1. The van der Waals surface area contributed by atoms with Gasteiger partial charge in [0.2, 0.25) is 0 Å². The van der Waals surface area contributed by atoms with Gasteiger partial charge < -0.3 is 4.98 Å². The minimum atomic E-state index is 0.177. The summed E-state index contributed by atoms with van der Waals surface area (Å²) in [5.41, 5.74) is 0.398. The van der Waals surface area contributed by atoms with Crippen LogP contribution in [0, 0.1) is 17.8 Å². The Morgan fingerprint density at radius 1 is 1.16 bits per heavy atom. The van der Waals surface area contributed by atoms with E-state index < -0.39 is 0 Å². The Morgan fingerprint density at radius 3 is 2.79 bits per heavy atom. The molecule has 1 aliphatic heterocycles. The molecule has 1 N–H and O–H groups in total. The molecule has 5 rings (SSSR count). The molecule has 0 radical (unpaired) electrons. The lowest BCUT2D eigenvalue weighted by Crippen LogP contribution is -2.44. The van der Waals surface area contributed by atoms with E-state index in [1.807, 2.05) is 11.8 Å². The third-order valence-electron chi connectivity index (χ3n) is 6.30. The van der Waals surface area contributed by atoms with Crippen LogP contribution >= 0.6 is 23.1 Å². The molecule has 4 aliphatic rings. The van der Waals surface area contributed by atoms with Crippen LogP contribution in [0.2, 0.25) is 0 Å². The molecule has 19 heavy (non-hydrogen) atoms. The second-order valence-corrected chi connectivity index (χ2v) is 9.15. The smallest absolute Gasteiger partial charge is 0.305 e. The molecule has 2 bridgehead atoms. The number of thiazole rings is 1. The highest BCUT2D eigenvalue weighted by molar-refractivity contribution is 8.00.